The summed E-state index contributed by atoms with van der Waals surface area (Å²) in [6.07, 6.45) is -0.619. The summed E-state index contributed by atoms with van der Waals surface area (Å²) in [5.74, 6) is -3.92. The zero-order valence-corrected chi connectivity index (χ0v) is 19.8. The summed E-state index contributed by atoms with van der Waals surface area (Å²) in [5.41, 5.74) is 2.42. The fourth-order valence-corrected chi connectivity index (χ4v) is 3.98. The first-order chi connectivity index (χ1) is 17.4. The molecule has 3 rings (SSSR count). The fourth-order valence-electron chi connectivity index (χ4n) is 3.98. The quantitative estimate of drug-likeness (QED) is 0.286. The molecule has 2 N–H and O–H groups in total. The number of aliphatic carboxylic acids is 1. The molecule has 0 bridgehead atoms. The molecular formula is C29H29NO6. The first kappa shape index (κ1) is 26.3. The lowest BCUT2D eigenvalue weighted by Crippen LogP contribution is -2.26. The summed E-state index contributed by atoms with van der Waals surface area (Å²) in [4.78, 5) is 49.1. The van der Waals surface area contributed by atoms with Gasteiger partial charge in [0.2, 0.25) is 5.91 Å². The first-order valence-corrected chi connectivity index (χ1v) is 11.8. The molecule has 2 unspecified atom stereocenters. The van der Waals surface area contributed by atoms with Crippen molar-refractivity contribution in [1.82, 2.24) is 5.32 Å². The summed E-state index contributed by atoms with van der Waals surface area (Å²) in [6.45, 7) is 0.370. The molecule has 0 aliphatic carbocycles. The van der Waals surface area contributed by atoms with Crippen LogP contribution in [0.25, 0.3) is 0 Å². The van der Waals surface area contributed by atoms with Crippen molar-refractivity contribution >= 4 is 23.8 Å². The Hall–Kier alpha value is -4.26. The van der Waals surface area contributed by atoms with Crippen LogP contribution in [0.2, 0.25) is 0 Å². The largest absolute Gasteiger partial charge is 0.481 e. The minimum absolute atomic E-state index is 0.0474. The van der Waals surface area contributed by atoms with E-state index in [0.717, 1.165) is 11.1 Å². The van der Waals surface area contributed by atoms with E-state index in [-0.39, 0.29) is 31.6 Å². The number of carbonyl (C=O) groups excluding carboxylic acids is 3. The van der Waals surface area contributed by atoms with Crippen molar-refractivity contribution in [2.45, 2.75) is 44.1 Å². The van der Waals surface area contributed by atoms with Crippen LogP contribution >= 0.6 is 0 Å². The highest BCUT2D eigenvalue weighted by Gasteiger charge is 2.25. The number of amides is 1. The fraction of sp³-hybridized carbons (Fsp3) is 0.241. The molecule has 0 aromatic heterocycles. The van der Waals surface area contributed by atoms with Crippen molar-refractivity contribution in [3.05, 3.63) is 108 Å². The van der Waals surface area contributed by atoms with Crippen molar-refractivity contribution in [1.29, 1.82) is 0 Å². The van der Waals surface area contributed by atoms with E-state index >= 15 is 0 Å². The maximum Gasteiger partial charge on any atom is 0.314 e. The predicted octanol–water partition coefficient (Wildman–Crippen LogP) is 4.59. The predicted molar refractivity (Wildman–Crippen MR) is 134 cm³/mol. The normalized spacial score (nSPS) is 12.2. The van der Waals surface area contributed by atoms with Gasteiger partial charge in [0, 0.05) is 24.8 Å². The Morgan fingerprint density at radius 1 is 0.639 bits per heavy atom. The molecule has 1 amide bonds. The number of benzene rings is 3. The molecular weight excluding hydrogens is 458 g/mol. The molecule has 36 heavy (non-hydrogen) atoms. The number of carboxylic acids is 1. The number of carboxylic acid groups (broad SMARTS) is 1. The second-order valence-corrected chi connectivity index (χ2v) is 8.53. The van der Waals surface area contributed by atoms with E-state index in [1.165, 1.54) is 0 Å². The molecule has 0 spiro atoms. The minimum atomic E-state index is -1.05. The van der Waals surface area contributed by atoms with Crippen LogP contribution < -0.4 is 5.32 Å². The lowest BCUT2D eigenvalue weighted by molar-refractivity contribution is -0.160. The average Bonchev–Trinajstić information content (AvgIpc) is 2.88. The summed E-state index contributed by atoms with van der Waals surface area (Å²) >= 11 is 0. The van der Waals surface area contributed by atoms with Gasteiger partial charge in [-0.2, -0.15) is 0 Å². The Labute approximate surface area is 210 Å². The second kappa shape index (κ2) is 13.6. The SMILES string of the molecule is O=C(O)CC(CC(=O)OC(=O)CC(CC(=O)NCc1ccccc1)c1ccccc1)c1ccccc1. The van der Waals surface area contributed by atoms with Crippen molar-refractivity contribution < 1.29 is 29.0 Å². The molecule has 0 aliphatic rings. The number of esters is 2. The van der Waals surface area contributed by atoms with Crippen molar-refractivity contribution in [3.8, 4) is 0 Å². The Morgan fingerprint density at radius 2 is 1.08 bits per heavy atom. The summed E-state index contributed by atoms with van der Waals surface area (Å²) in [6, 6.07) is 27.4. The number of hydrogen-bond donors (Lipinski definition) is 2. The summed E-state index contributed by atoms with van der Waals surface area (Å²) in [7, 11) is 0. The van der Waals surface area contributed by atoms with Gasteiger partial charge < -0.3 is 15.2 Å². The maximum atomic E-state index is 12.6. The van der Waals surface area contributed by atoms with Crippen LogP contribution in [0.5, 0.6) is 0 Å². The van der Waals surface area contributed by atoms with Crippen molar-refractivity contribution in [2.75, 3.05) is 0 Å². The van der Waals surface area contributed by atoms with E-state index in [2.05, 4.69) is 5.32 Å². The molecule has 3 aromatic rings. The third-order valence-electron chi connectivity index (χ3n) is 5.78. The van der Waals surface area contributed by atoms with Gasteiger partial charge in [-0.05, 0) is 16.7 Å². The van der Waals surface area contributed by atoms with Gasteiger partial charge in [-0.3, -0.25) is 19.2 Å². The van der Waals surface area contributed by atoms with Crippen molar-refractivity contribution in [3.63, 3.8) is 0 Å². The number of rotatable bonds is 12. The molecule has 7 heteroatoms. The second-order valence-electron chi connectivity index (χ2n) is 8.53. The molecule has 0 saturated heterocycles. The molecule has 7 nitrogen and oxygen atoms in total. The third kappa shape index (κ3) is 8.83. The van der Waals surface area contributed by atoms with Crippen LogP contribution in [-0.2, 0) is 30.5 Å². The average molecular weight is 488 g/mol. The third-order valence-corrected chi connectivity index (χ3v) is 5.78. The smallest absolute Gasteiger partial charge is 0.314 e. The van der Waals surface area contributed by atoms with Gasteiger partial charge in [-0.1, -0.05) is 91.0 Å². The Bertz CT molecular complexity index is 1150. The van der Waals surface area contributed by atoms with Gasteiger partial charge in [0.05, 0.1) is 19.3 Å². The lowest BCUT2D eigenvalue weighted by Gasteiger charge is -2.17. The van der Waals surface area contributed by atoms with E-state index in [9.17, 15) is 24.3 Å². The Kier molecular flexibility index (Phi) is 9.94. The summed E-state index contributed by atoms with van der Waals surface area (Å²) < 4.78 is 5.04. The van der Waals surface area contributed by atoms with Gasteiger partial charge in [-0.15, -0.1) is 0 Å². The zero-order valence-electron chi connectivity index (χ0n) is 19.8. The topological polar surface area (TPSA) is 110 Å². The van der Waals surface area contributed by atoms with Crippen LogP contribution in [0, 0.1) is 0 Å². The molecule has 0 aliphatic heterocycles. The summed E-state index contributed by atoms with van der Waals surface area (Å²) in [5, 5.41) is 12.1. The van der Waals surface area contributed by atoms with Gasteiger partial charge in [0.15, 0.2) is 0 Å². The molecule has 0 saturated carbocycles. The van der Waals surface area contributed by atoms with Gasteiger partial charge in [-0.25, -0.2) is 0 Å². The molecule has 3 aromatic carbocycles. The molecule has 0 fully saturated rings. The zero-order chi connectivity index (χ0) is 25.8. The van der Waals surface area contributed by atoms with Crippen molar-refractivity contribution in [2.24, 2.45) is 0 Å². The van der Waals surface area contributed by atoms with Crippen LogP contribution in [-0.4, -0.2) is 28.9 Å². The molecule has 2 atom stereocenters. The minimum Gasteiger partial charge on any atom is -0.481 e. The number of nitrogens with one attached hydrogen (secondary N) is 1. The monoisotopic (exact) mass is 487 g/mol. The number of ether oxygens (including phenoxy) is 1. The highest BCUT2D eigenvalue weighted by Crippen LogP contribution is 2.26. The van der Waals surface area contributed by atoms with Gasteiger partial charge in [0.25, 0.3) is 0 Å². The van der Waals surface area contributed by atoms with Gasteiger partial charge >= 0.3 is 17.9 Å². The van der Waals surface area contributed by atoms with Crippen LogP contribution in [0.1, 0.15) is 54.2 Å². The van der Waals surface area contributed by atoms with E-state index < -0.39 is 29.7 Å². The first-order valence-electron chi connectivity index (χ1n) is 11.8. The van der Waals surface area contributed by atoms with Crippen LogP contribution in [0.4, 0.5) is 0 Å². The Balaban J connectivity index is 1.60. The molecule has 186 valence electrons. The van der Waals surface area contributed by atoms with Gasteiger partial charge in [0.1, 0.15) is 0 Å². The standard InChI is InChI=1S/C29H29NO6/c31-26(30-20-21-10-4-1-5-11-21)16-24(22-12-6-2-7-13-22)18-28(34)36-29(35)19-25(17-27(32)33)23-14-8-3-9-15-23/h1-15,24-25H,16-20H2,(H,30,31)(H,32,33). The highest BCUT2D eigenvalue weighted by atomic mass is 16.6. The molecule has 0 heterocycles. The van der Waals surface area contributed by atoms with Crippen LogP contribution in [0.3, 0.4) is 0 Å². The van der Waals surface area contributed by atoms with E-state index in [4.69, 9.17) is 4.74 Å². The maximum absolute atomic E-state index is 12.6. The number of hydrogen-bond acceptors (Lipinski definition) is 5. The van der Waals surface area contributed by atoms with E-state index in [1.807, 2.05) is 60.7 Å². The highest BCUT2D eigenvalue weighted by molar-refractivity contribution is 5.87. The Morgan fingerprint density at radius 3 is 1.56 bits per heavy atom. The molecule has 0 radical (unpaired) electrons. The lowest BCUT2D eigenvalue weighted by atomic mass is 9.92. The van der Waals surface area contributed by atoms with Crippen LogP contribution in [0.15, 0.2) is 91.0 Å². The number of carbonyl (C=O) groups is 4. The van der Waals surface area contributed by atoms with E-state index in [1.54, 1.807) is 30.3 Å². The van der Waals surface area contributed by atoms with E-state index in [0.29, 0.717) is 12.1 Å².